The van der Waals surface area contributed by atoms with Gasteiger partial charge in [-0.25, -0.2) is 9.18 Å². The van der Waals surface area contributed by atoms with Crippen molar-refractivity contribution in [2.45, 2.75) is 44.2 Å². The molecule has 8 heteroatoms. The molecular weight excluding hydrogens is 417 g/mol. The van der Waals surface area contributed by atoms with Crippen molar-refractivity contribution in [2.24, 2.45) is 5.73 Å². The first kappa shape index (κ1) is 18.4. The Kier molecular flexibility index (Phi) is 4.71. The molecule has 0 spiro atoms. The molecule has 2 fully saturated rings. The number of rotatable bonds is 3. The van der Waals surface area contributed by atoms with Crippen LogP contribution in [-0.2, 0) is 0 Å². The van der Waals surface area contributed by atoms with Crippen LogP contribution in [0.25, 0.3) is 10.9 Å². The molecule has 2 aliphatic rings. The molecule has 4 rings (SSSR count). The lowest BCUT2D eigenvalue weighted by Gasteiger charge is -2.27. The third-order valence-electron chi connectivity index (χ3n) is 5.38. The Morgan fingerprint density at radius 3 is 2.70 bits per heavy atom. The zero-order valence-electron chi connectivity index (χ0n) is 14.8. The Hall–Kier alpha value is -1.93. The van der Waals surface area contributed by atoms with Gasteiger partial charge in [0.05, 0.1) is 21.1 Å². The SMILES string of the molecule is NC1CCCCN(c2c(F)cc3c(=O)c(C(=O)O)cn(C4CC4)c3c2Br)C1. The summed E-state index contributed by atoms with van der Waals surface area (Å²) in [5, 5.41) is 9.46. The van der Waals surface area contributed by atoms with Crippen molar-refractivity contribution in [1.82, 2.24) is 4.57 Å². The van der Waals surface area contributed by atoms with Gasteiger partial charge in [-0.3, -0.25) is 4.79 Å². The van der Waals surface area contributed by atoms with Gasteiger partial charge in [0.15, 0.2) is 0 Å². The third kappa shape index (κ3) is 3.25. The molecule has 1 atom stereocenters. The Balaban J connectivity index is 1.98. The summed E-state index contributed by atoms with van der Waals surface area (Å²) in [6, 6.07) is 1.28. The number of anilines is 1. The van der Waals surface area contributed by atoms with Crippen molar-refractivity contribution >= 4 is 38.5 Å². The van der Waals surface area contributed by atoms with E-state index < -0.39 is 17.2 Å². The quantitative estimate of drug-likeness (QED) is 0.768. The van der Waals surface area contributed by atoms with Crippen LogP contribution in [-0.4, -0.2) is 34.8 Å². The van der Waals surface area contributed by atoms with Crippen molar-refractivity contribution in [1.29, 1.82) is 0 Å². The van der Waals surface area contributed by atoms with E-state index in [-0.39, 0.29) is 23.0 Å². The van der Waals surface area contributed by atoms with E-state index in [1.807, 2.05) is 9.47 Å². The number of nitrogens with two attached hydrogens (primary N) is 1. The predicted octanol–water partition coefficient (Wildman–Crippen LogP) is 3.25. The van der Waals surface area contributed by atoms with Gasteiger partial charge in [-0.05, 0) is 47.7 Å². The number of aromatic carboxylic acids is 1. The summed E-state index contributed by atoms with van der Waals surface area (Å²) < 4.78 is 17.4. The smallest absolute Gasteiger partial charge is 0.341 e. The van der Waals surface area contributed by atoms with Crippen molar-refractivity contribution in [3.8, 4) is 0 Å². The van der Waals surface area contributed by atoms with E-state index in [4.69, 9.17) is 5.73 Å². The molecule has 1 aliphatic carbocycles. The molecule has 144 valence electrons. The molecule has 2 aromatic rings. The van der Waals surface area contributed by atoms with E-state index in [1.165, 1.54) is 12.3 Å². The van der Waals surface area contributed by atoms with Crippen LogP contribution in [0.15, 0.2) is 21.5 Å². The highest BCUT2D eigenvalue weighted by Crippen LogP contribution is 2.42. The van der Waals surface area contributed by atoms with E-state index in [2.05, 4.69) is 15.9 Å². The lowest BCUT2D eigenvalue weighted by atomic mass is 10.1. The fourth-order valence-corrected chi connectivity index (χ4v) is 4.75. The number of pyridine rings is 1. The summed E-state index contributed by atoms with van der Waals surface area (Å²) in [5.74, 6) is -1.83. The number of halogens is 2. The van der Waals surface area contributed by atoms with Crippen molar-refractivity contribution in [3.05, 3.63) is 38.3 Å². The number of hydrogen-bond donors (Lipinski definition) is 2. The number of aromatic nitrogens is 1. The molecule has 1 unspecified atom stereocenters. The van der Waals surface area contributed by atoms with Gasteiger partial charge < -0.3 is 20.3 Å². The fraction of sp³-hybridized carbons (Fsp3) is 0.474. The zero-order chi connectivity index (χ0) is 19.3. The van der Waals surface area contributed by atoms with Gasteiger partial charge in [-0.15, -0.1) is 0 Å². The van der Waals surface area contributed by atoms with Crippen molar-refractivity contribution < 1.29 is 14.3 Å². The number of nitrogens with zero attached hydrogens (tertiary/aromatic N) is 2. The molecule has 1 saturated carbocycles. The molecule has 6 nitrogen and oxygen atoms in total. The molecule has 1 aromatic carbocycles. The molecule has 0 bridgehead atoms. The largest absolute Gasteiger partial charge is 0.477 e. The van der Waals surface area contributed by atoms with E-state index in [0.717, 1.165) is 32.1 Å². The van der Waals surface area contributed by atoms with Crippen molar-refractivity contribution in [2.75, 3.05) is 18.0 Å². The average molecular weight is 438 g/mol. The van der Waals surface area contributed by atoms with Crippen LogP contribution in [0.1, 0.15) is 48.5 Å². The summed E-state index contributed by atoms with van der Waals surface area (Å²) in [4.78, 5) is 26.1. The Morgan fingerprint density at radius 2 is 2.04 bits per heavy atom. The maximum atomic E-state index is 15.1. The maximum Gasteiger partial charge on any atom is 0.341 e. The van der Waals surface area contributed by atoms with Crippen LogP contribution < -0.4 is 16.1 Å². The predicted molar refractivity (Wildman–Crippen MR) is 105 cm³/mol. The van der Waals surface area contributed by atoms with Crippen LogP contribution in [0, 0.1) is 5.82 Å². The van der Waals surface area contributed by atoms with E-state index >= 15 is 4.39 Å². The number of hydrogen-bond acceptors (Lipinski definition) is 4. The standard InChI is InChI=1S/C19H21BrFN3O3/c20-15-16-12(18(25)13(19(26)27)9-24(16)11-4-5-11)7-14(21)17(15)23-6-2-1-3-10(22)8-23/h7,9-11H,1-6,8,22H2,(H,26,27). The van der Waals surface area contributed by atoms with Crippen molar-refractivity contribution in [3.63, 3.8) is 0 Å². The van der Waals surface area contributed by atoms with Gasteiger partial charge in [0, 0.05) is 31.4 Å². The van der Waals surface area contributed by atoms with E-state index in [0.29, 0.717) is 28.8 Å². The van der Waals surface area contributed by atoms with E-state index in [1.54, 1.807) is 0 Å². The molecule has 0 radical (unpaired) electrons. The lowest BCUT2D eigenvalue weighted by molar-refractivity contribution is 0.0695. The van der Waals surface area contributed by atoms with Crippen LogP contribution >= 0.6 is 15.9 Å². The minimum atomic E-state index is -1.30. The summed E-state index contributed by atoms with van der Waals surface area (Å²) in [6.07, 6.45) is 6.03. The number of fused-ring (bicyclic) bond motifs is 1. The van der Waals surface area contributed by atoms with Gasteiger partial charge in [0.25, 0.3) is 0 Å². The summed E-state index contributed by atoms with van der Waals surface area (Å²) in [5.41, 5.74) is 6.11. The molecule has 1 aromatic heterocycles. The molecule has 2 heterocycles. The monoisotopic (exact) mass is 437 g/mol. The van der Waals surface area contributed by atoms with Gasteiger partial charge in [-0.2, -0.15) is 0 Å². The van der Waals surface area contributed by atoms with Crippen LogP contribution in [0.3, 0.4) is 0 Å². The minimum Gasteiger partial charge on any atom is -0.477 e. The molecule has 1 aliphatic heterocycles. The number of carboxylic acids is 1. The maximum absolute atomic E-state index is 15.1. The topological polar surface area (TPSA) is 88.6 Å². The molecular formula is C19H21BrFN3O3. The van der Waals surface area contributed by atoms with Gasteiger partial charge in [0.1, 0.15) is 11.4 Å². The van der Waals surface area contributed by atoms with Gasteiger partial charge in [-0.1, -0.05) is 6.42 Å². The van der Waals surface area contributed by atoms with Gasteiger partial charge in [0.2, 0.25) is 5.43 Å². The highest BCUT2D eigenvalue weighted by Gasteiger charge is 2.30. The molecule has 27 heavy (non-hydrogen) atoms. The van der Waals surface area contributed by atoms with E-state index in [9.17, 15) is 14.7 Å². The molecule has 3 N–H and O–H groups in total. The number of benzene rings is 1. The second-order valence-electron chi connectivity index (χ2n) is 7.43. The first-order chi connectivity index (χ1) is 12.9. The third-order valence-corrected chi connectivity index (χ3v) is 6.13. The summed E-state index contributed by atoms with van der Waals surface area (Å²) >= 11 is 3.53. The molecule has 1 saturated heterocycles. The highest BCUT2D eigenvalue weighted by atomic mass is 79.9. The second kappa shape index (κ2) is 6.91. The Bertz CT molecular complexity index is 987. The lowest BCUT2D eigenvalue weighted by Crippen LogP contribution is -2.36. The second-order valence-corrected chi connectivity index (χ2v) is 8.23. The number of carboxylic acid groups (broad SMARTS) is 1. The highest BCUT2D eigenvalue weighted by molar-refractivity contribution is 9.10. The summed E-state index contributed by atoms with van der Waals surface area (Å²) in [7, 11) is 0. The van der Waals surface area contributed by atoms with Gasteiger partial charge >= 0.3 is 5.97 Å². The zero-order valence-corrected chi connectivity index (χ0v) is 16.3. The summed E-state index contributed by atoms with van der Waals surface area (Å²) in [6.45, 7) is 1.23. The molecule has 0 amide bonds. The number of carbonyl (C=O) groups is 1. The normalized spacial score (nSPS) is 20.7. The first-order valence-electron chi connectivity index (χ1n) is 9.19. The fourth-order valence-electron chi connectivity index (χ4n) is 3.89. The Labute approximate surface area is 163 Å². The Morgan fingerprint density at radius 1 is 1.30 bits per heavy atom. The van der Waals surface area contributed by atoms with Crippen LogP contribution in [0.5, 0.6) is 0 Å². The first-order valence-corrected chi connectivity index (χ1v) is 9.98. The minimum absolute atomic E-state index is 0.0329. The average Bonchev–Trinajstić information content (AvgIpc) is 3.44. The van der Waals surface area contributed by atoms with Crippen LogP contribution in [0.4, 0.5) is 10.1 Å². The van der Waals surface area contributed by atoms with Crippen LogP contribution in [0.2, 0.25) is 0 Å².